The van der Waals surface area contributed by atoms with Crippen LogP contribution in [0.15, 0.2) is 47.3 Å². The van der Waals surface area contributed by atoms with E-state index in [-0.39, 0.29) is 5.43 Å². The SMILES string of the molecule is CCNc1ccc2[nH]c3ccccc3c(=O)c2c1. The first-order valence-electron chi connectivity index (χ1n) is 6.08. The molecule has 0 aliphatic heterocycles. The van der Waals surface area contributed by atoms with Crippen LogP contribution in [0.5, 0.6) is 0 Å². The number of para-hydroxylation sites is 1. The van der Waals surface area contributed by atoms with Crippen molar-refractivity contribution < 1.29 is 0 Å². The fourth-order valence-corrected chi connectivity index (χ4v) is 2.24. The van der Waals surface area contributed by atoms with Gasteiger partial charge in [-0.25, -0.2) is 0 Å². The number of hydrogen-bond donors (Lipinski definition) is 2. The molecule has 1 heterocycles. The second-order valence-corrected chi connectivity index (χ2v) is 4.29. The minimum Gasteiger partial charge on any atom is -0.385 e. The Balaban J connectivity index is 2.38. The van der Waals surface area contributed by atoms with Gasteiger partial charge in [0.2, 0.25) is 0 Å². The number of H-pyrrole nitrogens is 1. The fraction of sp³-hybridized carbons (Fsp3) is 0.133. The summed E-state index contributed by atoms with van der Waals surface area (Å²) < 4.78 is 0. The number of anilines is 1. The lowest BCUT2D eigenvalue weighted by Crippen LogP contribution is -2.05. The molecule has 3 aromatic rings. The van der Waals surface area contributed by atoms with Crippen molar-refractivity contribution in [3.63, 3.8) is 0 Å². The number of pyridine rings is 1. The highest BCUT2D eigenvalue weighted by Gasteiger charge is 2.05. The molecule has 0 saturated heterocycles. The molecule has 0 aliphatic rings. The van der Waals surface area contributed by atoms with Gasteiger partial charge >= 0.3 is 0 Å². The van der Waals surface area contributed by atoms with Crippen molar-refractivity contribution in [2.24, 2.45) is 0 Å². The molecule has 3 heteroatoms. The van der Waals surface area contributed by atoms with Crippen molar-refractivity contribution in [2.45, 2.75) is 6.92 Å². The summed E-state index contributed by atoms with van der Waals surface area (Å²) >= 11 is 0. The van der Waals surface area contributed by atoms with Crippen LogP contribution in [0.2, 0.25) is 0 Å². The summed E-state index contributed by atoms with van der Waals surface area (Å²) in [6.07, 6.45) is 0. The lowest BCUT2D eigenvalue weighted by Gasteiger charge is -2.06. The summed E-state index contributed by atoms with van der Waals surface area (Å²) in [5.74, 6) is 0. The molecular formula is C15H14N2O. The number of benzene rings is 2. The quantitative estimate of drug-likeness (QED) is 0.674. The maximum absolute atomic E-state index is 12.4. The first kappa shape index (κ1) is 10.8. The molecule has 3 rings (SSSR count). The molecule has 0 aliphatic carbocycles. The molecule has 0 atom stereocenters. The van der Waals surface area contributed by atoms with E-state index in [1.807, 2.05) is 49.4 Å². The normalized spacial score (nSPS) is 10.9. The average Bonchev–Trinajstić information content (AvgIpc) is 2.40. The van der Waals surface area contributed by atoms with Crippen molar-refractivity contribution in [3.8, 4) is 0 Å². The minimum absolute atomic E-state index is 0.0825. The molecule has 3 nitrogen and oxygen atoms in total. The van der Waals surface area contributed by atoms with Crippen LogP contribution in [-0.4, -0.2) is 11.5 Å². The number of aromatic amines is 1. The zero-order chi connectivity index (χ0) is 12.5. The zero-order valence-electron chi connectivity index (χ0n) is 10.2. The maximum atomic E-state index is 12.4. The molecule has 0 spiro atoms. The molecular weight excluding hydrogens is 224 g/mol. The maximum Gasteiger partial charge on any atom is 0.197 e. The van der Waals surface area contributed by atoms with Crippen molar-refractivity contribution in [2.75, 3.05) is 11.9 Å². The highest BCUT2D eigenvalue weighted by Crippen LogP contribution is 2.18. The first-order chi connectivity index (χ1) is 8.79. The smallest absolute Gasteiger partial charge is 0.197 e. The summed E-state index contributed by atoms with van der Waals surface area (Å²) in [4.78, 5) is 15.7. The fourth-order valence-electron chi connectivity index (χ4n) is 2.24. The molecule has 18 heavy (non-hydrogen) atoms. The van der Waals surface area contributed by atoms with Gasteiger partial charge in [0.25, 0.3) is 0 Å². The molecule has 0 bridgehead atoms. The summed E-state index contributed by atoms with van der Waals surface area (Å²) in [5, 5.41) is 4.69. The van der Waals surface area contributed by atoms with Crippen LogP contribution in [0.3, 0.4) is 0 Å². The van der Waals surface area contributed by atoms with Crippen molar-refractivity contribution in [1.29, 1.82) is 0 Å². The lowest BCUT2D eigenvalue weighted by molar-refractivity contribution is 1.21. The third-order valence-electron chi connectivity index (χ3n) is 3.09. The van der Waals surface area contributed by atoms with Gasteiger partial charge in [0, 0.05) is 34.0 Å². The van der Waals surface area contributed by atoms with E-state index in [2.05, 4.69) is 10.3 Å². The van der Waals surface area contributed by atoms with E-state index in [9.17, 15) is 4.79 Å². The number of aromatic nitrogens is 1. The highest BCUT2D eigenvalue weighted by atomic mass is 16.1. The Morgan fingerprint density at radius 1 is 1.06 bits per heavy atom. The summed E-state index contributed by atoms with van der Waals surface area (Å²) in [5.41, 5.74) is 2.82. The lowest BCUT2D eigenvalue weighted by atomic mass is 10.1. The molecule has 90 valence electrons. The third-order valence-corrected chi connectivity index (χ3v) is 3.09. The number of hydrogen-bond acceptors (Lipinski definition) is 2. The van der Waals surface area contributed by atoms with Gasteiger partial charge in [-0.1, -0.05) is 12.1 Å². The van der Waals surface area contributed by atoms with Crippen LogP contribution in [0, 0.1) is 0 Å². The van der Waals surface area contributed by atoms with Crippen LogP contribution in [0.25, 0.3) is 21.8 Å². The highest BCUT2D eigenvalue weighted by molar-refractivity contribution is 5.93. The van der Waals surface area contributed by atoms with E-state index in [0.717, 1.165) is 34.0 Å². The van der Waals surface area contributed by atoms with Crippen LogP contribution in [0.4, 0.5) is 5.69 Å². The molecule has 0 fully saturated rings. The minimum atomic E-state index is 0.0825. The number of nitrogens with one attached hydrogen (secondary N) is 2. The molecule has 2 N–H and O–H groups in total. The second kappa shape index (κ2) is 4.18. The first-order valence-corrected chi connectivity index (χ1v) is 6.08. The Kier molecular flexibility index (Phi) is 2.52. The van der Waals surface area contributed by atoms with E-state index >= 15 is 0 Å². The van der Waals surface area contributed by atoms with E-state index in [0.29, 0.717) is 0 Å². The molecule has 1 aromatic heterocycles. The van der Waals surface area contributed by atoms with Crippen molar-refractivity contribution in [1.82, 2.24) is 4.98 Å². The standard InChI is InChI=1S/C15H14N2O/c1-2-16-10-7-8-14-12(9-10)15(18)11-5-3-4-6-13(11)17-14/h3-9,16H,2H2,1H3,(H,17,18). The average molecular weight is 238 g/mol. The van der Waals surface area contributed by atoms with Crippen LogP contribution >= 0.6 is 0 Å². The summed E-state index contributed by atoms with van der Waals surface area (Å²) in [7, 11) is 0. The van der Waals surface area contributed by atoms with Gasteiger partial charge in [0.15, 0.2) is 5.43 Å². The summed E-state index contributed by atoms with van der Waals surface area (Å²) in [6, 6.07) is 13.4. The molecule has 0 unspecified atom stereocenters. The Hall–Kier alpha value is -2.29. The third kappa shape index (κ3) is 1.64. The Morgan fingerprint density at radius 3 is 2.67 bits per heavy atom. The molecule has 0 amide bonds. The zero-order valence-corrected chi connectivity index (χ0v) is 10.2. The monoisotopic (exact) mass is 238 g/mol. The van der Waals surface area contributed by atoms with Gasteiger partial charge < -0.3 is 10.3 Å². The van der Waals surface area contributed by atoms with Gasteiger partial charge in [-0.15, -0.1) is 0 Å². The van der Waals surface area contributed by atoms with Crippen LogP contribution < -0.4 is 10.7 Å². The molecule has 2 aromatic carbocycles. The number of rotatable bonds is 2. The number of fused-ring (bicyclic) bond motifs is 2. The van der Waals surface area contributed by atoms with Crippen molar-refractivity contribution >= 4 is 27.5 Å². The topological polar surface area (TPSA) is 44.9 Å². The second-order valence-electron chi connectivity index (χ2n) is 4.29. The van der Waals surface area contributed by atoms with E-state index in [4.69, 9.17) is 0 Å². The Labute approximate surface area is 104 Å². The molecule has 0 radical (unpaired) electrons. The van der Waals surface area contributed by atoms with E-state index in [1.54, 1.807) is 0 Å². The van der Waals surface area contributed by atoms with Gasteiger partial charge in [-0.05, 0) is 37.3 Å². The Bertz CT molecular complexity index is 774. The molecule has 0 saturated carbocycles. The van der Waals surface area contributed by atoms with Crippen LogP contribution in [-0.2, 0) is 0 Å². The van der Waals surface area contributed by atoms with Gasteiger partial charge in [-0.2, -0.15) is 0 Å². The van der Waals surface area contributed by atoms with Gasteiger partial charge in [0.1, 0.15) is 0 Å². The Morgan fingerprint density at radius 2 is 1.83 bits per heavy atom. The van der Waals surface area contributed by atoms with E-state index in [1.165, 1.54) is 0 Å². The predicted octanol–water partition coefficient (Wildman–Crippen LogP) is 3.11. The predicted molar refractivity (Wildman–Crippen MR) is 76.2 cm³/mol. The van der Waals surface area contributed by atoms with E-state index < -0.39 is 0 Å². The largest absolute Gasteiger partial charge is 0.385 e. The van der Waals surface area contributed by atoms with Gasteiger partial charge in [-0.3, -0.25) is 4.79 Å². The van der Waals surface area contributed by atoms with Crippen molar-refractivity contribution in [3.05, 3.63) is 52.7 Å². The summed E-state index contributed by atoms with van der Waals surface area (Å²) in [6.45, 7) is 2.88. The van der Waals surface area contributed by atoms with Crippen LogP contribution in [0.1, 0.15) is 6.92 Å². The van der Waals surface area contributed by atoms with Gasteiger partial charge in [0.05, 0.1) is 0 Å².